The van der Waals surface area contributed by atoms with Crippen molar-refractivity contribution in [3.05, 3.63) is 65.2 Å². The fourth-order valence-corrected chi connectivity index (χ4v) is 2.64. The summed E-state index contributed by atoms with van der Waals surface area (Å²) in [5, 5.41) is 0. The monoisotopic (exact) mass is 238 g/mol. The maximum atomic E-state index is 5.30. The van der Waals surface area contributed by atoms with Gasteiger partial charge < -0.3 is 4.74 Å². The molecule has 1 nitrogen and oxygen atoms in total. The van der Waals surface area contributed by atoms with Crippen LogP contribution in [0.4, 0.5) is 0 Å². The SMILES string of the molecule is c1ccc2c(c1)CCC2.c1ccc2c(c1)CCO2. The van der Waals surface area contributed by atoms with Crippen molar-refractivity contribution in [1.29, 1.82) is 0 Å². The van der Waals surface area contributed by atoms with Crippen LogP contribution in [-0.2, 0) is 19.3 Å². The zero-order valence-electron chi connectivity index (χ0n) is 10.6. The molecule has 1 aliphatic heterocycles. The van der Waals surface area contributed by atoms with Crippen molar-refractivity contribution in [3.63, 3.8) is 0 Å². The number of para-hydroxylation sites is 1. The lowest BCUT2D eigenvalue weighted by Crippen LogP contribution is -1.85. The Morgan fingerprint density at radius 1 is 0.667 bits per heavy atom. The van der Waals surface area contributed by atoms with Gasteiger partial charge in [-0.05, 0) is 42.0 Å². The van der Waals surface area contributed by atoms with Crippen LogP contribution in [-0.4, -0.2) is 6.61 Å². The summed E-state index contributed by atoms with van der Waals surface area (Å²) in [6, 6.07) is 16.9. The summed E-state index contributed by atoms with van der Waals surface area (Å²) in [4.78, 5) is 0. The Bertz CT molecular complexity index is 435. The molecule has 2 aromatic carbocycles. The first-order chi connectivity index (χ1) is 8.93. The Balaban J connectivity index is 0.000000111. The van der Waals surface area contributed by atoms with Gasteiger partial charge in [0.1, 0.15) is 5.75 Å². The van der Waals surface area contributed by atoms with Crippen molar-refractivity contribution in [2.24, 2.45) is 0 Å². The highest BCUT2D eigenvalue weighted by molar-refractivity contribution is 5.35. The molecule has 1 heteroatoms. The van der Waals surface area contributed by atoms with Gasteiger partial charge in [-0.25, -0.2) is 0 Å². The van der Waals surface area contributed by atoms with Gasteiger partial charge in [-0.15, -0.1) is 0 Å². The maximum absolute atomic E-state index is 5.30. The van der Waals surface area contributed by atoms with E-state index in [1.54, 1.807) is 11.1 Å². The normalized spacial score (nSPS) is 15.1. The van der Waals surface area contributed by atoms with Crippen LogP contribution in [0, 0.1) is 0 Å². The number of aryl methyl sites for hydroxylation is 2. The molecule has 0 radical (unpaired) electrons. The molecule has 92 valence electrons. The molecular weight excluding hydrogens is 220 g/mol. The summed E-state index contributed by atoms with van der Waals surface area (Å²) < 4.78 is 5.30. The molecule has 0 N–H and O–H groups in total. The summed E-state index contributed by atoms with van der Waals surface area (Å²) >= 11 is 0. The van der Waals surface area contributed by atoms with Gasteiger partial charge in [0.25, 0.3) is 0 Å². The smallest absolute Gasteiger partial charge is 0.122 e. The van der Waals surface area contributed by atoms with E-state index >= 15 is 0 Å². The minimum atomic E-state index is 0.860. The lowest BCUT2D eigenvalue weighted by molar-refractivity contribution is 0.357. The van der Waals surface area contributed by atoms with Gasteiger partial charge in [-0.3, -0.25) is 0 Å². The largest absolute Gasteiger partial charge is 0.493 e. The molecular formula is C17H18O. The fraction of sp³-hybridized carbons (Fsp3) is 0.294. The third kappa shape index (κ3) is 2.40. The minimum absolute atomic E-state index is 0.860. The van der Waals surface area contributed by atoms with Gasteiger partial charge in [0.05, 0.1) is 6.61 Å². The highest BCUT2D eigenvalue weighted by atomic mass is 16.5. The minimum Gasteiger partial charge on any atom is -0.493 e. The molecule has 0 fully saturated rings. The summed E-state index contributed by atoms with van der Waals surface area (Å²) in [7, 11) is 0. The number of fused-ring (bicyclic) bond motifs is 2. The van der Waals surface area contributed by atoms with Gasteiger partial charge in [0.15, 0.2) is 0 Å². The highest BCUT2D eigenvalue weighted by Crippen LogP contribution is 2.23. The Morgan fingerprint density at radius 2 is 1.28 bits per heavy atom. The van der Waals surface area contributed by atoms with E-state index < -0.39 is 0 Å². The zero-order chi connectivity index (χ0) is 12.2. The summed E-state index contributed by atoms with van der Waals surface area (Å²) in [5.41, 5.74) is 4.48. The molecule has 0 atom stereocenters. The van der Waals surface area contributed by atoms with E-state index in [0.29, 0.717) is 0 Å². The molecule has 0 aromatic heterocycles. The maximum Gasteiger partial charge on any atom is 0.122 e. The van der Waals surface area contributed by atoms with Gasteiger partial charge in [0, 0.05) is 6.42 Å². The average molecular weight is 238 g/mol. The second-order valence-electron chi connectivity index (χ2n) is 4.83. The quantitative estimate of drug-likeness (QED) is 0.678. The van der Waals surface area contributed by atoms with Crippen molar-refractivity contribution < 1.29 is 4.74 Å². The summed E-state index contributed by atoms with van der Waals surface area (Å²) in [5.74, 6) is 1.07. The first-order valence-corrected chi connectivity index (χ1v) is 6.71. The summed E-state index contributed by atoms with van der Waals surface area (Å²) in [6.45, 7) is 0.860. The van der Waals surface area contributed by atoms with Crippen LogP contribution in [0.3, 0.4) is 0 Å². The third-order valence-electron chi connectivity index (χ3n) is 3.61. The lowest BCUT2D eigenvalue weighted by Gasteiger charge is -1.93. The molecule has 0 amide bonds. The van der Waals surface area contributed by atoms with Crippen LogP contribution < -0.4 is 4.74 Å². The first-order valence-electron chi connectivity index (χ1n) is 6.71. The molecule has 4 rings (SSSR count). The molecule has 0 unspecified atom stereocenters. The summed E-state index contributed by atoms with van der Waals surface area (Å²) in [6.07, 6.45) is 5.04. The van der Waals surface area contributed by atoms with E-state index in [9.17, 15) is 0 Å². The van der Waals surface area contributed by atoms with E-state index in [-0.39, 0.29) is 0 Å². The molecule has 0 bridgehead atoms. The van der Waals surface area contributed by atoms with E-state index in [1.165, 1.54) is 24.8 Å². The molecule has 18 heavy (non-hydrogen) atoms. The predicted molar refractivity (Wildman–Crippen MR) is 74.1 cm³/mol. The molecule has 1 aliphatic carbocycles. The molecule has 0 saturated carbocycles. The number of benzene rings is 2. The van der Waals surface area contributed by atoms with E-state index in [0.717, 1.165) is 18.8 Å². The Labute approximate surface area is 108 Å². The molecule has 1 heterocycles. The van der Waals surface area contributed by atoms with Gasteiger partial charge >= 0.3 is 0 Å². The van der Waals surface area contributed by atoms with Crippen LogP contribution in [0.1, 0.15) is 23.1 Å². The molecule has 2 aliphatic rings. The van der Waals surface area contributed by atoms with E-state index in [1.807, 2.05) is 18.2 Å². The van der Waals surface area contributed by atoms with Gasteiger partial charge in [-0.2, -0.15) is 0 Å². The highest BCUT2D eigenvalue weighted by Gasteiger charge is 2.08. The first kappa shape index (κ1) is 11.3. The fourth-order valence-electron chi connectivity index (χ4n) is 2.64. The Kier molecular flexibility index (Phi) is 3.31. The predicted octanol–water partition coefficient (Wildman–Crippen LogP) is 3.80. The van der Waals surface area contributed by atoms with Gasteiger partial charge in [0.2, 0.25) is 0 Å². The number of ether oxygens (including phenoxy) is 1. The topological polar surface area (TPSA) is 9.23 Å². The van der Waals surface area contributed by atoms with Crippen molar-refractivity contribution in [3.8, 4) is 5.75 Å². The average Bonchev–Trinajstić information content (AvgIpc) is 3.08. The molecule has 0 spiro atoms. The molecule has 2 aromatic rings. The van der Waals surface area contributed by atoms with Crippen molar-refractivity contribution in [2.75, 3.05) is 6.61 Å². The standard InChI is InChI=1S/C9H10.C8H8O/c1-2-5-9-7-3-6-8(9)4-1;1-2-4-8-7(3-1)5-6-9-8/h1-2,4-5H,3,6-7H2;1-4H,5-6H2. The Hall–Kier alpha value is -1.76. The van der Waals surface area contributed by atoms with Crippen molar-refractivity contribution in [2.45, 2.75) is 25.7 Å². The third-order valence-corrected chi connectivity index (χ3v) is 3.61. The van der Waals surface area contributed by atoms with E-state index in [4.69, 9.17) is 4.74 Å². The van der Waals surface area contributed by atoms with Crippen LogP contribution in [0.2, 0.25) is 0 Å². The zero-order valence-corrected chi connectivity index (χ0v) is 10.6. The number of hydrogen-bond donors (Lipinski definition) is 0. The van der Waals surface area contributed by atoms with Crippen LogP contribution in [0.15, 0.2) is 48.5 Å². The van der Waals surface area contributed by atoms with Crippen LogP contribution in [0.25, 0.3) is 0 Å². The van der Waals surface area contributed by atoms with Gasteiger partial charge in [-0.1, -0.05) is 42.5 Å². The van der Waals surface area contributed by atoms with Crippen molar-refractivity contribution >= 4 is 0 Å². The van der Waals surface area contributed by atoms with Crippen LogP contribution in [0.5, 0.6) is 5.75 Å². The second kappa shape index (κ2) is 5.26. The molecule has 0 saturated heterocycles. The lowest BCUT2D eigenvalue weighted by atomic mass is 10.1. The number of hydrogen-bond acceptors (Lipinski definition) is 1. The van der Waals surface area contributed by atoms with E-state index in [2.05, 4.69) is 30.3 Å². The number of rotatable bonds is 0. The Morgan fingerprint density at radius 3 is 1.94 bits per heavy atom. The van der Waals surface area contributed by atoms with Crippen LogP contribution >= 0.6 is 0 Å². The van der Waals surface area contributed by atoms with Crippen molar-refractivity contribution in [1.82, 2.24) is 0 Å². The second-order valence-corrected chi connectivity index (χ2v) is 4.83.